The maximum absolute atomic E-state index is 11.9. The zero-order chi connectivity index (χ0) is 10.5. The lowest BCUT2D eigenvalue weighted by molar-refractivity contribution is 0.240. The zero-order valence-electron chi connectivity index (χ0n) is 9.71. The Kier molecular flexibility index (Phi) is 4.90. The predicted octanol–water partition coefficient (Wildman–Crippen LogP) is 3.15. The second-order valence-electron chi connectivity index (χ2n) is 5.59. The van der Waals surface area contributed by atoms with Crippen LogP contribution in [0.4, 0.5) is 4.39 Å². The van der Waals surface area contributed by atoms with Gasteiger partial charge in [-0.15, -0.1) is 0 Å². The van der Waals surface area contributed by atoms with Crippen molar-refractivity contribution >= 4 is 0 Å². The van der Waals surface area contributed by atoms with Gasteiger partial charge in [-0.2, -0.15) is 0 Å². The molecule has 0 bridgehead atoms. The van der Waals surface area contributed by atoms with E-state index in [1.165, 1.54) is 0 Å². The monoisotopic (exact) mass is 189 g/mol. The Morgan fingerprint density at radius 2 is 1.62 bits per heavy atom. The quantitative estimate of drug-likeness (QED) is 0.655. The average molecular weight is 189 g/mol. The van der Waals surface area contributed by atoms with E-state index in [1.54, 1.807) is 0 Å². The van der Waals surface area contributed by atoms with E-state index < -0.39 is 0 Å². The van der Waals surface area contributed by atoms with Crippen molar-refractivity contribution in [3.8, 4) is 0 Å². The number of nitrogens with one attached hydrogen (secondary N) is 1. The van der Waals surface area contributed by atoms with Crippen molar-refractivity contribution in [3.05, 3.63) is 0 Å². The fraction of sp³-hybridized carbons (Fsp3) is 1.00. The average Bonchev–Trinajstić information content (AvgIpc) is 1.81. The highest BCUT2D eigenvalue weighted by Crippen LogP contribution is 2.26. The lowest BCUT2D eigenvalue weighted by atomic mass is 9.82. The van der Waals surface area contributed by atoms with Gasteiger partial charge in [-0.1, -0.05) is 20.8 Å². The molecule has 0 radical (unpaired) electrons. The first-order chi connectivity index (χ1) is 5.77. The first kappa shape index (κ1) is 12.9. The van der Waals surface area contributed by atoms with Gasteiger partial charge < -0.3 is 5.32 Å². The number of rotatable bonds is 5. The van der Waals surface area contributed by atoms with Gasteiger partial charge in [-0.05, 0) is 38.6 Å². The molecule has 1 N–H and O–H groups in total. The van der Waals surface area contributed by atoms with Crippen LogP contribution < -0.4 is 5.32 Å². The minimum atomic E-state index is -0.224. The molecule has 1 nitrogen and oxygen atoms in total. The number of halogens is 1. The summed E-state index contributed by atoms with van der Waals surface area (Å²) in [5.74, 6) is 0. The van der Waals surface area contributed by atoms with Crippen LogP contribution in [0.25, 0.3) is 0 Å². The molecule has 0 aromatic rings. The summed E-state index contributed by atoms with van der Waals surface area (Å²) in [6, 6.07) is 0. The summed E-state index contributed by atoms with van der Waals surface area (Å²) in [6.07, 6.45) is 1.72. The van der Waals surface area contributed by atoms with Gasteiger partial charge in [0, 0.05) is 5.54 Å². The third-order valence-electron chi connectivity index (χ3n) is 1.89. The molecule has 0 saturated carbocycles. The molecule has 80 valence electrons. The second-order valence-corrected chi connectivity index (χ2v) is 5.59. The zero-order valence-corrected chi connectivity index (χ0v) is 9.71. The van der Waals surface area contributed by atoms with Crippen molar-refractivity contribution in [1.82, 2.24) is 5.32 Å². The van der Waals surface area contributed by atoms with Gasteiger partial charge in [0.1, 0.15) is 0 Å². The summed E-state index contributed by atoms with van der Waals surface area (Å²) in [7, 11) is 0. The molecule has 13 heavy (non-hydrogen) atoms. The fourth-order valence-electron chi connectivity index (χ4n) is 1.88. The maximum Gasteiger partial charge on any atom is 0.0906 e. The smallest absolute Gasteiger partial charge is 0.0906 e. The molecule has 0 aliphatic rings. The van der Waals surface area contributed by atoms with Gasteiger partial charge in [-0.25, -0.2) is 0 Å². The standard InChI is InChI=1S/C11H24FN/c1-10(2,3)9-11(4,5)13-8-6-7-12/h13H,6-9H2,1-5H3. The van der Waals surface area contributed by atoms with Crippen LogP contribution >= 0.6 is 0 Å². The van der Waals surface area contributed by atoms with Crippen molar-refractivity contribution < 1.29 is 4.39 Å². The second kappa shape index (κ2) is 4.94. The summed E-state index contributed by atoms with van der Waals surface area (Å²) in [4.78, 5) is 0. The van der Waals surface area contributed by atoms with Crippen molar-refractivity contribution in [2.45, 2.75) is 53.0 Å². The molecule has 0 rings (SSSR count). The summed E-state index contributed by atoms with van der Waals surface area (Å²) in [5, 5.41) is 3.38. The van der Waals surface area contributed by atoms with Crippen LogP contribution in [0.5, 0.6) is 0 Å². The van der Waals surface area contributed by atoms with Crippen molar-refractivity contribution in [1.29, 1.82) is 0 Å². The normalized spacial score (nSPS) is 13.4. The van der Waals surface area contributed by atoms with Gasteiger partial charge in [0.15, 0.2) is 0 Å². The van der Waals surface area contributed by atoms with Crippen LogP contribution in [0, 0.1) is 5.41 Å². The predicted molar refractivity (Wildman–Crippen MR) is 56.7 cm³/mol. The van der Waals surface area contributed by atoms with E-state index in [9.17, 15) is 4.39 Å². The lowest BCUT2D eigenvalue weighted by Gasteiger charge is -2.33. The van der Waals surface area contributed by atoms with Crippen LogP contribution in [-0.4, -0.2) is 18.8 Å². The van der Waals surface area contributed by atoms with Crippen molar-refractivity contribution in [3.63, 3.8) is 0 Å². The first-order valence-corrected chi connectivity index (χ1v) is 5.08. The Hall–Kier alpha value is -0.110. The Morgan fingerprint density at radius 3 is 2.00 bits per heavy atom. The topological polar surface area (TPSA) is 12.0 Å². The van der Waals surface area contributed by atoms with Crippen LogP contribution in [-0.2, 0) is 0 Å². The minimum Gasteiger partial charge on any atom is -0.312 e. The highest BCUT2D eigenvalue weighted by atomic mass is 19.1. The first-order valence-electron chi connectivity index (χ1n) is 5.08. The van der Waals surface area contributed by atoms with Crippen LogP contribution in [0.3, 0.4) is 0 Å². The number of hydrogen-bond acceptors (Lipinski definition) is 1. The fourth-order valence-corrected chi connectivity index (χ4v) is 1.88. The Balaban J connectivity index is 3.80. The SMILES string of the molecule is CC(C)(C)CC(C)(C)NCCCF. The summed E-state index contributed by atoms with van der Waals surface area (Å²) >= 11 is 0. The molecule has 0 aromatic heterocycles. The molecular formula is C11H24FN. The van der Waals surface area contributed by atoms with E-state index in [0.29, 0.717) is 11.8 Å². The Morgan fingerprint density at radius 1 is 1.08 bits per heavy atom. The van der Waals surface area contributed by atoms with Gasteiger partial charge >= 0.3 is 0 Å². The molecule has 0 aliphatic heterocycles. The molecule has 0 spiro atoms. The Labute approximate surface area is 82.1 Å². The van der Waals surface area contributed by atoms with Gasteiger partial charge in [0.05, 0.1) is 6.67 Å². The van der Waals surface area contributed by atoms with Crippen molar-refractivity contribution in [2.24, 2.45) is 5.41 Å². The van der Waals surface area contributed by atoms with Crippen molar-refractivity contribution in [2.75, 3.05) is 13.2 Å². The molecule has 0 heterocycles. The third kappa shape index (κ3) is 8.23. The minimum absolute atomic E-state index is 0.118. The molecule has 0 aliphatic carbocycles. The number of hydrogen-bond donors (Lipinski definition) is 1. The molecular weight excluding hydrogens is 165 g/mol. The van der Waals surface area contributed by atoms with E-state index in [0.717, 1.165) is 13.0 Å². The lowest BCUT2D eigenvalue weighted by Crippen LogP contribution is -2.42. The molecule has 0 unspecified atom stereocenters. The van der Waals surface area contributed by atoms with E-state index in [-0.39, 0.29) is 12.2 Å². The van der Waals surface area contributed by atoms with Crippen LogP contribution in [0.1, 0.15) is 47.5 Å². The summed E-state index contributed by atoms with van der Waals surface area (Å²) in [5.41, 5.74) is 0.444. The highest BCUT2D eigenvalue weighted by Gasteiger charge is 2.24. The molecule has 0 fully saturated rings. The molecule has 0 amide bonds. The molecule has 2 heteroatoms. The molecule has 0 atom stereocenters. The number of alkyl halides is 1. The van der Waals surface area contributed by atoms with Gasteiger partial charge in [0.25, 0.3) is 0 Å². The summed E-state index contributed by atoms with van der Waals surface area (Å²) < 4.78 is 11.9. The van der Waals surface area contributed by atoms with Gasteiger partial charge in [0.2, 0.25) is 0 Å². The van der Waals surface area contributed by atoms with Gasteiger partial charge in [-0.3, -0.25) is 4.39 Å². The maximum atomic E-state index is 11.9. The van der Waals surface area contributed by atoms with E-state index in [4.69, 9.17) is 0 Å². The van der Waals surface area contributed by atoms with E-state index >= 15 is 0 Å². The molecule has 0 aromatic carbocycles. The summed E-state index contributed by atoms with van der Waals surface area (Å²) in [6.45, 7) is 11.6. The largest absolute Gasteiger partial charge is 0.312 e. The highest BCUT2D eigenvalue weighted by molar-refractivity contribution is 4.82. The van der Waals surface area contributed by atoms with E-state index in [2.05, 4.69) is 39.9 Å². The van der Waals surface area contributed by atoms with E-state index in [1.807, 2.05) is 0 Å². The molecule has 0 saturated heterocycles. The Bertz CT molecular complexity index is 136. The van der Waals surface area contributed by atoms with Crippen LogP contribution in [0.2, 0.25) is 0 Å². The third-order valence-corrected chi connectivity index (χ3v) is 1.89. The van der Waals surface area contributed by atoms with Crippen LogP contribution in [0.15, 0.2) is 0 Å².